The second kappa shape index (κ2) is 26.0. The van der Waals surface area contributed by atoms with Gasteiger partial charge in [0.15, 0.2) is 6.29 Å². The molecule has 1 aliphatic rings. The molecule has 1 heterocycles. The summed E-state index contributed by atoms with van der Waals surface area (Å²) in [5.74, 6) is -0.495. The number of carboxylic acid groups (broad SMARTS) is 3. The van der Waals surface area contributed by atoms with E-state index >= 15 is 0 Å². The molecule has 18 nitrogen and oxygen atoms in total. The van der Waals surface area contributed by atoms with Crippen molar-refractivity contribution in [2.24, 2.45) is 0 Å². The fraction of sp³-hybridized carbons (Fsp3) is 0.426. The van der Waals surface area contributed by atoms with Crippen LogP contribution >= 0.6 is 0 Å². The van der Waals surface area contributed by atoms with Crippen molar-refractivity contribution in [2.75, 3.05) is 60.5 Å². The van der Waals surface area contributed by atoms with Gasteiger partial charge in [0.05, 0.1) is 26.4 Å². The Morgan fingerprint density at radius 2 is 0.846 bits per heavy atom. The zero-order valence-electron chi connectivity index (χ0n) is 37.7. The average molecular weight is 911 g/mol. The lowest BCUT2D eigenvalue weighted by atomic mass is 9.98. The van der Waals surface area contributed by atoms with Gasteiger partial charge in [-0.1, -0.05) is 36.4 Å². The number of hydrogen-bond donors (Lipinski definition) is 3. The normalized spacial score (nSPS) is 19.5. The molecule has 4 rings (SSSR count). The summed E-state index contributed by atoms with van der Waals surface area (Å²) in [4.78, 5) is 34.9. The molecule has 1 fully saturated rings. The van der Waals surface area contributed by atoms with Gasteiger partial charge in [0, 0.05) is 14.2 Å². The first kappa shape index (κ1) is 51.5. The highest BCUT2D eigenvalue weighted by atomic mass is 16.7. The van der Waals surface area contributed by atoms with Gasteiger partial charge in [0.25, 0.3) is 0 Å². The first-order valence-corrected chi connectivity index (χ1v) is 20.6. The molecule has 0 saturated carbocycles. The number of rotatable bonds is 27. The Bertz CT molecular complexity index is 2140. The quantitative estimate of drug-likeness (QED) is 0.0504. The predicted octanol–water partition coefficient (Wildman–Crippen LogP) is 7.30. The van der Waals surface area contributed by atoms with E-state index < -0.39 is 48.6 Å². The van der Waals surface area contributed by atoms with Crippen LogP contribution in [0.3, 0.4) is 0 Å². The Kier molecular flexibility index (Phi) is 20.6. The number of allylic oxidation sites excluding steroid dienone is 6. The van der Waals surface area contributed by atoms with Crippen molar-refractivity contribution < 1.29 is 86.5 Å². The van der Waals surface area contributed by atoms with Crippen molar-refractivity contribution in [2.45, 2.75) is 72.2 Å². The Labute approximate surface area is 377 Å². The van der Waals surface area contributed by atoms with Gasteiger partial charge in [-0.2, -0.15) is 0 Å². The molecule has 0 spiro atoms. The van der Waals surface area contributed by atoms with Crippen LogP contribution in [0.15, 0.2) is 107 Å². The molecule has 3 aromatic rings. The van der Waals surface area contributed by atoms with Crippen molar-refractivity contribution in [1.29, 1.82) is 0 Å². The topological polar surface area (TPSA) is 223 Å². The fourth-order valence-corrected chi connectivity index (χ4v) is 6.28. The van der Waals surface area contributed by atoms with E-state index in [0.717, 1.165) is 0 Å². The highest BCUT2D eigenvalue weighted by molar-refractivity contribution is 5.91. The molecule has 0 radical (unpaired) electrons. The molecule has 1 aliphatic heterocycles. The SMILES string of the molecule is CO[C@@H]1OC(COCCO/C(C)=C(/C)Oc2ccccc2C(=O)O)[C@H](OC)[C@H](OCCO/C(C)=C(/C)Oc2ccccc2C(=O)O)C1OCCO/C(C)=C(/C)Oc1ccccc1C(=O)O. The van der Waals surface area contributed by atoms with Crippen LogP contribution in [0, 0.1) is 0 Å². The summed E-state index contributed by atoms with van der Waals surface area (Å²) >= 11 is 0. The summed E-state index contributed by atoms with van der Waals surface area (Å²) in [5.41, 5.74) is 0.0362. The zero-order chi connectivity index (χ0) is 47.5. The molecule has 3 N–H and O–H groups in total. The molecule has 0 amide bonds. The molecule has 5 atom stereocenters. The Hall–Kier alpha value is -6.15. The van der Waals surface area contributed by atoms with Crippen LogP contribution in [0.1, 0.15) is 72.6 Å². The Balaban J connectivity index is 1.41. The van der Waals surface area contributed by atoms with Crippen molar-refractivity contribution in [3.63, 3.8) is 0 Å². The molecule has 18 heteroatoms. The smallest absolute Gasteiger partial charge is 0.339 e. The predicted molar refractivity (Wildman–Crippen MR) is 232 cm³/mol. The number of hydrogen-bond acceptors (Lipinski definition) is 15. The number of ether oxygens (including phenoxy) is 12. The van der Waals surface area contributed by atoms with Gasteiger partial charge in [-0.05, 0) is 77.9 Å². The van der Waals surface area contributed by atoms with E-state index in [2.05, 4.69) is 0 Å². The van der Waals surface area contributed by atoms with E-state index in [4.69, 9.17) is 56.8 Å². The summed E-state index contributed by atoms with van der Waals surface area (Å²) < 4.78 is 71.7. The summed E-state index contributed by atoms with van der Waals surface area (Å²) in [5, 5.41) is 28.6. The van der Waals surface area contributed by atoms with E-state index in [1.165, 1.54) is 32.4 Å². The number of aromatic carboxylic acids is 3. The maximum Gasteiger partial charge on any atom is 0.339 e. The van der Waals surface area contributed by atoms with Crippen LogP contribution < -0.4 is 14.2 Å². The average Bonchev–Trinajstić information content (AvgIpc) is 3.29. The largest absolute Gasteiger partial charge is 0.492 e. The van der Waals surface area contributed by atoms with Gasteiger partial charge in [-0.15, -0.1) is 0 Å². The number of methoxy groups -OCH3 is 2. The van der Waals surface area contributed by atoms with Gasteiger partial charge >= 0.3 is 17.9 Å². The number of benzene rings is 3. The van der Waals surface area contributed by atoms with Gasteiger partial charge in [0.2, 0.25) is 0 Å². The molecule has 0 aliphatic carbocycles. The minimum absolute atomic E-state index is 0.00701. The van der Waals surface area contributed by atoms with Crippen LogP contribution in [0.4, 0.5) is 0 Å². The number of para-hydroxylation sites is 3. The highest BCUT2D eigenvalue weighted by Gasteiger charge is 2.48. The van der Waals surface area contributed by atoms with Crippen LogP contribution in [0.5, 0.6) is 17.2 Å². The van der Waals surface area contributed by atoms with Crippen molar-refractivity contribution in [1.82, 2.24) is 0 Å². The first-order valence-electron chi connectivity index (χ1n) is 20.6. The van der Waals surface area contributed by atoms with Gasteiger partial charge < -0.3 is 72.2 Å². The molecule has 0 aromatic heterocycles. The second-order valence-corrected chi connectivity index (χ2v) is 14.3. The van der Waals surface area contributed by atoms with E-state index in [1.54, 1.807) is 96.1 Å². The molecular formula is C47H58O18. The molecule has 354 valence electrons. The van der Waals surface area contributed by atoms with E-state index in [-0.39, 0.29) is 80.2 Å². The van der Waals surface area contributed by atoms with E-state index in [9.17, 15) is 29.7 Å². The summed E-state index contributed by atoms with van der Waals surface area (Å²) in [7, 11) is 2.97. The van der Waals surface area contributed by atoms with Crippen LogP contribution in [-0.4, -0.2) is 124 Å². The number of carbonyl (C=O) groups is 3. The molecule has 0 bridgehead atoms. The molecule has 2 unspecified atom stereocenters. The van der Waals surface area contributed by atoms with Crippen molar-refractivity contribution >= 4 is 17.9 Å². The highest BCUT2D eigenvalue weighted by Crippen LogP contribution is 2.30. The lowest BCUT2D eigenvalue weighted by molar-refractivity contribution is -0.316. The first-order chi connectivity index (χ1) is 31.2. The zero-order valence-corrected chi connectivity index (χ0v) is 37.7. The molecule has 65 heavy (non-hydrogen) atoms. The maximum absolute atomic E-state index is 11.7. The minimum Gasteiger partial charge on any atom is -0.492 e. The summed E-state index contributed by atoms with van der Waals surface area (Å²) in [6.07, 6.45) is -4.01. The van der Waals surface area contributed by atoms with E-state index in [0.29, 0.717) is 34.6 Å². The number of carboxylic acids is 3. The lowest BCUT2D eigenvalue weighted by Gasteiger charge is -2.45. The third-order valence-electron chi connectivity index (χ3n) is 9.98. The van der Waals surface area contributed by atoms with Gasteiger partial charge in [0.1, 0.15) is 113 Å². The summed E-state index contributed by atoms with van der Waals surface area (Å²) in [6.45, 7) is 10.6. The van der Waals surface area contributed by atoms with Crippen molar-refractivity contribution in [3.8, 4) is 17.2 Å². The Morgan fingerprint density at radius 3 is 1.22 bits per heavy atom. The fourth-order valence-electron chi connectivity index (χ4n) is 6.28. The second-order valence-electron chi connectivity index (χ2n) is 14.3. The summed E-state index contributed by atoms with van der Waals surface area (Å²) in [6, 6.07) is 18.9. The van der Waals surface area contributed by atoms with Crippen molar-refractivity contribution in [3.05, 3.63) is 124 Å². The molecule has 1 saturated heterocycles. The monoisotopic (exact) mass is 910 g/mol. The van der Waals surface area contributed by atoms with Crippen LogP contribution in [0.25, 0.3) is 0 Å². The third kappa shape index (κ3) is 15.2. The van der Waals surface area contributed by atoms with Crippen LogP contribution in [0.2, 0.25) is 0 Å². The maximum atomic E-state index is 11.7. The van der Waals surface area contributed by atoms with Gasteiger partial charge in [-0.25, -0.2) is 14.4 Å². The Morgan fingerprint density at radius 1 is 0.477 bits per heavy atom. The van der Waals surface area contributed by atoms with Crippen LogP contribution in [-0.2, 0) is 42.6 Å². The lowest BCUT2D eigenvalue weighted by Crippen LogP contribution is -2.61. The van der Waals surface area contributed by atoms with E-state index in [1.807, 2.05) is 0 Å². The molecule has 3 aromatic carbocycles. The minimum atomic E-state index is -1.12. The standard InChI is InChI=1S/C47H58O18/c1-28(31(4)62-37-18-12-9-15-34(37)44(48)49)57-22-21-56-27-40-41(54-7)42(60-25-23-58-29(2)32(5)63-38-19-13-10-16-35(38)45(50)51)43(47(55-8)65-40)61-26-24-59-30(3)33(6)64-39-20-14-11-17-36(39)46(52)53/h9-20,40-43,47H,21-27H2,1-8H3,(H,48,49)(H,50,51)(H,52,53)/b31-28-,32-29-,33-30-/t40?,41-,42-,43?,47+/m0/s1. The van der Waals surface area contributed by atoms with Gasteiger partial charge in [-0.3, -0.25) is 0 Å². The molecular weight excluding hydrogens is 852 g/mol. The third-order valence-corrected chi connectivity index (χ3v) is 9.98.